The van der Waals surface area contributed by atoms with Gasteiger partial charge in [-0.2, -0.15) is 13.2 Å². The summed E-state index contributed by atoms with van der Waals surface area (Å²) in [7, 11) is 0. The highest BCUT2D eigenvalue weighted by atomic mass is 19.4. The van der Waals surface area contributed by atoms with Gasteiger partial charge in [-0.15, -0.1) is 0 Å². The van der Waals surface area contributed by atoms with Crippen LogP contribution in [0.3, 0.4) is 0 Å². The number of nitrogens with one attached hydrogen (secondary N) is 1. The fourth-order valence-corrected chi connectivity index (χ4v) is 1.51. The Kier molecular flexibility index (Phi) is 4.95. The molecule has 0 aliphatic rings. The van der Waals surface area contributed by atoms with Gasteiger partial charge in [0.1, 0.15) is 5.82 Å². The van der Waals surface area contributed by atoms with E-state index in [2.05, 4.69) is 5.32 Å². The summed E-state index contributed by atoms with van der Waals surface area (Å²) in [6.45, 7) is 2.93. The highest BCUT2D eigenvalue weighted by Gasteiger charge is 2.31. The number of anilines is 1. The number of halogens is 4. The summed E-state index contributed by atoms with van der Waals surface area (Å²) in [4.78, 5) is 0. The smallest absolute Gasteiger partial charge is 0.382 e. The summed E-state index contributed by atoms with van der Waals surface area (Å²) in [5.74, 6) is -0.665. The molecular formula is C12H16F4N2. The SMILES string of the molecule is CC(CCN)CNc1ccc(C(F)(F)F)cc1F. The summed E-state index contributed by atoms with van der Waals surface area (Å²) < 4.78 is 50.4. The minimum Gasteiger partial charge on any atom is -0.382 e. The van der Waals surface area contributed by atoms with Crippen LogP contribution in [-0.4, -0.2) is 13.1 Å². The summed E-state index contributed by atoms with van der Waals surface area (Å²) in [5.41, 5.74) is 4.46. The quantitative estimate of drug-likeness (QED) is 0.801. The van der Waals surface area contributed by atoms with E-state index in [0.29, 0.717) is 19.2 Å². The fourth-order valence-electron chi connectivity index (χ4n) is 1.51. The minimum absolute atomic E-state index is 0.0758. The predicted octanol–water partition coefficient (Wildman–Crippen LogP) is 3.24. The molecule has 1 atom stereocenters. The van der Waals surface area contributed by atoms with Gasteiger partial charge in [0, 0.05) is 6.54 Å². The molecule has 0 aliphatic heterocycles. The van der Waals surface area contributed by atoms with E-state index in [1.807, 2.05) is 6.92 Å². The molecule has 0 bridgehead atoms. The Morgan fingerprint density at radius 2 is 2.00 bits per heavy atom. The third-order valence-electron chi connectivity index (χ3n) is 2.60. The van der Waals surface area contributed by atoms with Gasteiger partial charge in [-0.1, -0.05) is 6.92 Å². The van der Waals surface area contributed by atoms with Gasteiger partial charge >= 0.3 is 6.18 Å². The standard InChI is InChI=1S/C12H16F4N2/c1-8(4-5-17)7-18-11-3-2-9(6-10(11)13)12(14,15)16/h2-3,6,8,18H,4-5,7,17H2,1H3. The lowest BCUT2D eigenvalue weighted by Gasteiger charge is -2.14. The Morgan fingerprint density at radius 1 is 1.33 bits per heavy atom. The molecule has 18 heavy (non-hydrogen) atoms. The molecule has 0 fully saturated rings. The van der Waals surface area contributed by atoms with Gasteiger partial charge in [-0.25, -0.2) is 4.39 Å². The second-order valence-electron chi connectivity index (χ2n) is 4.26. The van der Waals surface area contributed by atoms with Crippen molar-refractivity contribution >= 4 is 5.69 Å². The second kappa shape index (κ2) is 6.04. The Balaban J connectivity index is 2.69. The molecule has 0 saturated carbocycles. The molecule has 6 heteroatoms. The van der Waals surface area contributed by atoms with Crippen molar-refractivity contribution < 1.29 is 17.6 Å². The van der Waals surface area contributed by atoms with Gasteiger partial charge in [0.2, 0.25) is 0 Å². The predicted molar refractivity (Wildman–Crippen MR) is 62.7 cm³/mol. The normalized spacial score (nSPS) is 13.4. The van der Waals surface area contributed by atoms with Crippen molar-refractivity contribution in [3.63, 3.8) is 0 Å². The molecule has 2 nitrogen and oxygen atoms in total. The van der Waals surface area contributed by atoms with Crippen LogP contribution in [-0.2, 0) is 6.18 Å². The zero-order chi connectivity index (χ0) is 13.8. The largest absolute Gasteiger partial charge is 0.416 e. The Bertz CT molecular complexity index is 390. The highest BCUT2D eigenvalue weighted by molar-refractivity contribution is 5.46. The molecule has 1 rings (SSSR count). The molecular weight excluding hydrogens is 248 g/mol. The van der Waals surface area contributed by atoms with Crippen LogP contribution in [0.2, 0.25) is 0 Å². The first kappa shape index (κ1) is 14.8. The molecule has 1 unspecified atom stereocenters. The van der Waals surface area contributed by atoms with E-state index < -0.39 is 17.6 Å². The lowest BCUT2D eigenvalue weighted by Crippen LogP contribution is -2.16. The maximum atomic E-state index is 13.4. The molecule has 1 aromatic rings. The van der Waals surface area contributed by atoms with Crippen LogP contribution in [0.25, 0.3) is 0 Å². The van der Waals surface area contributed by atoms with Gasteiger partial charge in [-0.3, -0.25) is 0 Å². The van der Waals surface area contributed by atoms with Crippen molar-refractivity contribution in [1.82, 2.24) is 0 Å². The summed E-state index contributed by atoms with van der Waals surface area (Å²) in [6.07, 6.45) is -3.75. The lowest BCUT2D eigenvalue weighted by atomic mass is 10.1. The maximum absolute atomic E-state index is 13.4. The molecule has 0 aromatic heterocycles. The third-order valence-corrected chi connectivity index (χ3v) is 2.60. The summed E-state index contributed by atoms with van der Waals surface area (Å²) in [6, 6.07) is 2.46. The second-order valence-corrected chi connectivity index (χ2v) is 4.26. The van der Waals surface area contributed by atoms with E-state index in [-0.39, 0.29) is 11.6 Å². The van der Waals surface area contributed by atoms with Crippen molar-refractivity contribution in [2.75, 3.05) is 18.4 Å². The maximum Gasteiger partial charge on any atom is 0.416 e. The monoisotopic (exact) mass is 264 g/mol. The van der Waals surface area contributed by atoms with Crippen molar-refractivity contribution in [2.24, 2.45) is 11.7 Å². The number of nitrogens with two attached hydrogens (primary N) is 1. The molecule has 0 heterocycles. The van der Waals surface area contributed by atoms with Gasteiger partial charge in [-0.05, 0) is 37.1 Å². The van der Waals surface area contributed by atoms with E-state index >= 15 is 0 Å². The highest BCUT2D eigenvalue weighted by Crippen LogP contribution is 2.31. The van der Waals surface area contributed by atoms with Crippen molar-refractivity contribution in [3.8, 4) is 0 Å². The molecule has 0 saturated heterocycles. The molecule has 1 aromatic carbocycles. The van der Waals surface area contributed by atoms with Gasteiger partial charge in [0.15, 0.2) is 0 Å². The van der Waals surface area contributed by atoms with Crippen molar-refractivity contribution in [2.45, 2.75) is 19.5 Å². The van der Waals surface area contributed by atoms with Crippen LogP contribution in [0.5, 0.6) is 0 Å². The zero-order valence-electron chi connectivity index (χ0n) is 10.0. The average Bonchev–Trinajstić information content (AvgIpc) is 2.26. The first-order valence-corrected chi connectivity index (χ1v) is 5.65. The van der Waals surface area contributed by atoms with Crippen molar-refractivity contribution in [3.05, 3.63) is 29.6 Å². The molecule has 0 spiro atoms. The number of rotatable bonds is 5. The van der Waals surface area contributed by atoms with Crippen LogP contribution in [0, 0.1) is 11.7 Å². The molecule has 102 valence electrons. The first-order chi connectivity index (χ1) is 8.34. The fraction of sp³-hybridized carbons (Fsp3) is 0.500. The van der Waals surface area contributed by atoms with E-state index in [0.717, 1.165) is 18.6 Å². The van der Waals surface area contributed by atoms with E-state index in [4.69, 9.17) is 5.73 Å². The molecule has 0 aliphatic carbocycles. The molecule has 3 N–H and O–H groups in total. The number of benzene rings is 1. The molecule has 0 amide bonds. The van der Waals surface area contributed by atoms with Gasteiger partial charge in [0.25, 0.3) is 0 Å². The Labute approximate surface area is 103 Å². The van der Waals surface area contributed by atoms with Crippen LogP contribution in [0.15, 0.2) is 18.2 Å². The van der Waals surface area contributed by atoms with Crippen LogP contribution in [0.4, 0.5) is 23.2 Å². The lowest BCUT2D eigenvalue weighted by molar-refractivity contribution is -0.137. The number of hydrogen-bond acceptors (Lipinski definition) is 2. The summed E-state index contributed by atoms with van der Waals surface area (Å²) in [5, 5.41) is 2.78. The minimum atomic E-state index is -4.52. The Hall–Kier alpha value is -1.30. The Morgan fingerprint density at radius 3 is 2.50 bits per heavy atom. The van der Waals surface area contributed by atoms with Crippen LogP contribution in [0.1, 0.15) is 18.9 Å². The van der Waals surface area contributed by atoms with E-state index in [1.165, 1.54) is 0 Å². The van der Waals surface area contributed by atoms with Gasteiger partial charge in [0.05, 0.1) is 11.3 Å². The van der Waals surface area contributed by atoms with Crippen LogP contribution >= 0.6 is 0 Å². The van der Waals surface area contributed by atoms with Crippen molar-refractivity contribution in [1.29, 1.82) is 0 Å². The molecule has 0 radical (unpaired) electrons. The average molecular weight is 264 g/mol. The first-order valence-electron chi connectivity index (χ1n) is 5.65. The number of alkyl halides is 3. The van der Waals surface area contributed by atoms with E-state index in [1.54, 1.807) is 0 Å². The topological polar surface area (TPSA) is 38.0 Å². The number of hydrogen-bond donors (Lipinski definition) is 2. The summed E-state index contributed by atoms with van der Waals surface area (Å²) >= 11 is 0. The van der Waals surface area contributed by atoms with E-state index in [9.17, 15) is 17.6 Å². The third kappa shape index (κ3) is 4.18. The zero-order valence-corrected chi connectivity index (χ0v) is 10.0. The van der Waals surface area contributed by atoms with Gasteiger partial charge < -0.3 is 11.1 Å². The van der Waals surface area contributed by atoms with Crippen LogP contribution < -0.4 is 11.1 Å².